The number of amides is 1. The van der Waals surface area contributed by atoms with Crippen LogP contribution in [0.2, 0.25) is 0 Å². The van der Waals surface area contributed by atoms with Crippen LogP contribution in [0.4, 0.5) is 0 Å². The van der Waals surface area contributed by atoms with E-state index < -0.39 is 17.7 Å². The van der Waals surface area contributed by atoms with Crippen molar-refractivity contribution in [2.45, 2.75) is 12.5 Å². The van der Waals surface area contributed by atoms with Crippen molar-refractivity contribution in [2.24, 2.45) is 0 Å². The minimum Gasteiger partial charge on any atom is -0.507 e. The number of Topliss-reactive ketones (excluding diaryl/α,β-unsaturated/α-hetero) is 1. The molecule has 1 amide bonds. The van der Waals surface area contributed by atoms with Gasteiger partial charge in [-0.1, -0.05) is 66.7 Å². The fourth-order valence-electron chi connectivity index (χ4n) is 4.13. The van der Waals surface area contributed by atoms with E-state index in [2.05, 4.69) is 0 Å². The molecule has 0 unspecified atom stereocenters. The Hall–Kier alpha value is -4.06. The maximum atomic E-state index is 13.1. The van der Waals surface area contributed by atoms with E-state index >= 15 is 0 Å². The van der Waals surface area contributed by atoms with Gasteiger partial charge in [0.05, 0.1) is 25.8 Å². The third kappa shape index (κ3) is 4.32. The fraction of sp³-hybridized carbons (Fsp3) is 0.185. The summed E-state index contributed by atoms with van der Waals surface area (Å²) in [5.74, 6) is -0.530. The molecule has 4 rings (SSSR count). The maximum absolute atomic E-state index is 13.1. The Kier molecular flexibility index (Phi) is 6.45. The van der Waals surface area contributed by atoms with E-state index in [1.54, 1.807) is 49.6 Å². The smallest absolute Gasteiger partial charge is 0.295 e. The zero-order valence-electron chi connectivity index (χ0n) is 18.5. The summed E-state index contributed by atoms with van der Waals surface area (Å²) in [4.78, 5) is 27.8. The molecule has 6 nitrogen and oxygen atoms in total. The highest BCUT2D eigenvalue weighted by molar-refractivity contribution is 6.46. The molecule has 1 aliphatic rings. The van der Waals surface area contributed by atoms with Crippen LogP contribution in [0.3, 0.4) is 0 Å². The highest BCUT2D eigenvalue weighted by atomic mass is 16.5. The van der Waals surface area contributed by atoms with Gasteiger partial charge in [-0.05, 0) is 29.7 Å². The van der Waals surface area contributed by atoms with Crippen molar-refractivity contribution in [1.29, 1.82) is 0 Å². The van der Waals surface area contributed by atoms with Crippen molar-refractivity contribution in [3.8, 4) is 11.5 Å². The van der Waals surface area contributed by atoms with Crippen LogP contribution in [-0.2, 0) is 16.0 Å². The molecule has 0 spiro atoms. The van der Waals surface area contributed by atoms with Gasteiger partial charge in [-0.15, -0.1) is 0 Å². The van der Waals surface area contributed by atoms with Gasteiger partial charge in [0.1, 0.15) is 5.76 Å². The first-order chi connectivity index (χ1) is 16.0. The van der Waals surface area contributed by atoms with Crippen LogP contribution in [-0.4, -0.2) is 42.5 Å². The number of ketones is 1. The number of aliphatic hydroxyl groups excluding tert-OH is 1. The van der Waals surface area contributed by atoms with Gasteiger partial charge >= 0.3 is 0 Å². The second-order valence-electron chi connectivity index (χ2n) is 7.71. The molecule has 6 heteroatoms. The summed E-state index contributed by atoms with van der Waals surface area (Å²) in [7, 11) is 3.07. The summed E-state index contributed by atoms with van der Waals surface area (Å²) in [6, 6.07) is 23.0. The molecular formula is C27H25NO5. The van der Waals surface area contributed by atoms with Crippen molar-refractivity contribution in [3.05, 3.63) is 101 Å². The van der Waals surface area contributed by atoms with E-state index in [0.29, 0.717) is 35.6 Å². The van der Waals surface area contributed by atoms with Crippen LogP contribution in [0.5, 0.6) is 11.5 Å². The van der Waals surface area contributed by atoms with E-state index in [4.69, 9.17) is 9.47 Å². The Morgan fingerprint density at radius 3 is 2.15 bits per heavy atom. The number of aliphatic hydroxyl groups is 1. The summed E-state index contributed by atoms with van der Waals surface area (Å²) in [6.07, 6.45) is 0.572. The summed E-state index contributed by atoms with van der Waals surface area (Å²) >= 11 is 0. The summed E-state index contributed by atoms with van der Waals surface area (Å²) in [6.45, 7) is 0.319. The largest absolute Gasteiger partial charge is 0.507 e. The molecule has 1 N–H and O–H groups in total. The van der Waals surface area contributed by atoms with Gasteiger partial charge in [0.25, 0.3) is 11.7 Å². The monoisotopic (exact) mass is 443 g/mol. The molecule has 0 radical (unpaired) electrons. The van der Waals surface area contributed by atoms with Gasteiger partial charge in [-0.25, -0.2) is 0 Å². The highest BCUT2D eigenvalue weighted by Crippen LogP contribution is 2.41. The van der Waals surface area contributed by atoms with Crippen LogP contribution in [0.1, 0.15) is 22.7 Å². The number of nitrogens with zero attached hydrogens (tertiary/aromatic N) is 1. The molecule has 1 saturated heterocycles. The summed E-state index contributed by atoms with van der Waals surface area (Å²) in [5.41, 5.74) is 2.24. The Bertz CT molecular complexity index is 1190. The number of ether oxygens (including phenoxy) is 2. The Labute approximate surface area is 192 Å². The van der Waals surface area contributed by atoms with Gasteiger partial charge in [-0.2, -0.15) is 0 Å². The van der Waals surface area contributed by atoms with Gasteiger partial charge in [-0.3, -0.25) is 9.59 Å². The lowest BCUT2D eigenvalue weighted by Crippen LogP contribution is -2.31. The molecule has 3 aromatic carbocycles. The zero-order valence-corrected chi connectivity index (χ0v) is 18.5. The molecule has 168 valence electrons. The van der Waals surface area contributed by atoms with Crippen molar-refractivity contribution in [2.75, 3.05) is 20.8 Å². The molecule has 0 aliphatic carbocycles. The van der Waals surface area contributed by atoms with Crippen molar-refractivity contribution in [3.63, 3.8) is 0 Å². The number of hydrogen-bond donors (Lipinski definition) is 1. The van der Waals surface area contributed by atoms with Gasteiger partial charge < -0.3 is 19.5 Å². The SMILES string of the molecule is COc1ccc([C@@H]2C(=C(O)c3ccccc3)C(=O)C(=O)N2CCc2ccccc2)cc1OC. The predicted octanol–water partition coefficient (Wildman–Crippen LogP) is 4.37. The Morgan fingerprint density at radius 1 is 0.879 bits per heavy atom. The van der Waals surface area contributed by atoms with Crippen LogP contribution < -0.4 is 9.47 Å². The number of methoxy groups -OCH3 is 2. The number of benzene rings is 3. The third-order valence-electron chi connectivity index (χ3n) is 5.79. The first-order valence-corrected chi connectivity index (χ1v) is 10.6. The highest BCUT2D eigenvalue weighted by Gasteiger charge is 2.46. The lowest BCUT2D eigenvalue weighted by molar-refractivity contribution is -0.139. The number of rotatable bonds is 7. The van der Waals surface area contributed by atoms with Crippen LogP contribution in [0.25, 0.3) is 5.76 Å². The number of carbonyl (C=O) groups excluding carboxylic acids is 2. The van der Waals surface area contributed by atoms with Crippen LogP contribution >= 0.6 is 0 Å². The molecule has 1 aliphatic heterocycles. The predicted molar refractivity (Wildman–Crippen MR) is 125 cm³/mol. The first kappa shape index (κ1) is 22.1. The van der Waals surface area contributed by atoms with Crippen molar-refractivity contribution >= 4 is 17.4 Å². The van der Waals surface area contributed by atoms with E-state index in [1.807, 2.05) is 36.4 Å². The van der Waals surface area contributed by atoms with Crippen molar-refractivity contribution in [1.82, 2.24) is 4.90 Å². The van der Waals surface area contributed by atoms with Crippen LogP contribution in [0.15, 0.2) is 84.4 Å². The number of likely N-dealkylation sites (tertiary alicyclic amines) is 1. The molecule has 3 aromatic rings. The van der Waals surface area contributed by atoms with E-state index in [1.165, 1.54) is 12.0 Å². The summed E-state index contributed by atoms with van der Waals surface area (Å²) in [5, 5.41) is 11.1. The lowest BCUT2D eigenvalue weighted by Gasteiger charge is -2.26. The minimum atomic E-state index is -0.756. The average Bonchev–Trinajstić information content (AvgIpc) is 3.12. The molecule has 1 heterocycles. The molecule has 0 aromatic heterocycles. The molecule has 1 fully saturated rings. The Balaban J connectivity index is 1.82. The quantitative estimate of drug-likeness (QED) is 0.333. The van der Waals surface area contributed by atoms with Crippen LogP contribution in [0, 0.1) is 0 Å². The standard InChI is InChI=1S/C27H25NO5/c1-32-21-14-13-20(17-22(21)33-2)24-23(25(29)19-11-7-4-8-12-19)26(30)27(31)28(24)16-15-18-9-5-3-6-10-18/h3-14,17,24,29H,15-16H2,1-2H3/t24-/m1/s1. The molecule has 33 heavy (non-hydrogen) atoms. The van der Waals surface area contributed by atoms with E-state index in [9.17, 15) is 14.7 Å². The Morgan fingerprint density at radius 2 is 1.52 bits per heavy atom. The first-order valence-electron chi connectivity index (χ1n) is 10.6. The summed E-state index contributed by atoms with van der Waals surface area (Å²) < 4.78 is 10.8. The fourth-order valence-corrected chi connectivity index (χ4v) is 4.13. The van der Waals surface area contributed by atoms with Gasteiger partial charge in [0.15, 0.2) is 11.5 Å². The lowest BCUT2D eigenvalue weighted by atomic mass is 9.95. The topological polar surface area (TPSA) is 76.1 Å². The number of hydrogen-bond acceptors (Lipinski definition) is 5. The van der Waals surface area contributed by atoms with Crippen molar-refractivity contribution < 1.29 is 24.2 Å². The molecule has 1 atom stereocenters. The normalized spacial score (nSPS) is 17.3. The van der Waals surface area contributed by atoms with Gasteiger partial charge in [0.2, 0.25) is 0 Å². The second kappa shape index (κ2) is 9.61. The molecule has 0 saturated carbocycles. The number of carbonyl (C=O) groups is 2. The minimum absolute atomic E-state index is 0.0616. The third-order valence-corrected chi connectivity index (χ3v) is 5.79. The average molecular weight is 443 g/mol. The zero-order chi connectivity index (χ0) is 23.4. The second-order valence-corrected chi connectivity index (χ2v) is 7.71. The molecule has 0 bridgehead atoms. The molecular weight excluding hydrogens is 418 g/mol. The van der Waals surface area contributed by atoms with E-state index in [0.717, 1.165) is 5.56 Å². The van der Waals surface area contributed by atoms with Gasteiger partial charge in [0, 0.05) is 12.1 Å². The maximum Gasteiger partial charge on any atom is 0.295 e. The van der Waals surface area contributed by atoms with E-state index in [-0.39, 0.29) is 11.3 Å².